The first-order valence-electron chi connectivity index (χ1n) is 10.2. The Kier molecular flexibility index (Phi) is 8.68. The molecule has 188 valence electrons. The van der Waals surface area contributed by atoms with Crippen LogP contribution in [0.3, 0.4) is 0 Å². The normalized spacial score (nSPS) is 23.3. The second-order valence-electron chi connectivity index (χ2n) is 7.26. The summed E-state index contributed by atoms with van der Waals surface area (Å²) in [6.07, 6.45) is -9.97. The van der Waals surface area contributed by atoms with Crippen molar-refractivity contribution in [2.24, 2.45) is 0 Å². The van der Waals surface area contributed by atoms with E-state index in [0.717, 1.165) is 6.92 Å². The topological polar surface area (TPSA) is 135 Å². The molecule has 1 aliphatic rings. The number of halogens is 2. The van der Waals surface area contributed by atoms with Crippen molar-refractivity contribution in [1.29, 1.82) is 0 Å². The van der Waals surface area contributed by atoms with Crippen LogP contribution in [0.15, 0.2) is 60.7 Å². The number of benzene rings is 2. The smallest absolute Gasteiger partial charge is 0.394 e. The number of hydrogen-bond donors (Lipinski definition) is 1. The number of carbonyl (C=O) groups is 3. The van der Waals surface area contributed by atoms with Crippen molar-refractivity contribution in [3.63, 3.8) is 0 Å². The molecule has 2 aromatic carbocycles. The van der Waals surface area contributed by atoms with Gasteiger partial charge in [-0.1, -0.05) is 36.4 Å². The molecule has 0 aromatic heterocycles. The molecule has 0 radical (unpaired) electrons. The number of alkyl halides is 2. The zero-order valence-corrected chi connectivity index (χ0v) is 19.1. The Labute approximate surface area is 198 Å². The van der Waals surface area contributed by atoms with Gasteiger partial charge in [-0.2, -0.15) is 8.78 Å². The van der Waals surface area contributed by atoms with Crippen molar-refractivity contribution in [2.45, 2.75) is 37.7 Å². The van der Waals surface area contributed by atoms with Gasteiger partial charge in [-0.15, -0.1) is 0 Å². The van der Waals surface area contributed by atoms with Crippen molar-refractivity contribution >= 4 is 25.5 Å². The number of rotatable bonds is 9. The molecule has 1 fully saturated rings. The van der Waals surface area contributed by atoms with E-state index in [1.54, 1.807) is 36.4 Å². The van der Waals surface area contributed by atoms with Crippen molar-refractivity contribution < 1.29 is 56.1 Å². The highest BCUT2D eigenvalue weighted by molar-refractivity contribution is 7.53. The van der Waals surface area contributed by atoms with Crippen LogP contribution >= 0.6 is 7.60 Å². The lowest BCUT2D eigenvalue weighted by Crippen LogP contribution is -2.42. The fourth-order valence-electron chi connectivity index (χ4n) is 3.12. The summed E-state index contributed by atoms with van der Waals surface area (Å²) in [4.78, 5) is 46.3. The van der Waals surface area contributed by atoms with Gasteiger partial charge in [0.15, 0.2) is 6.10 Å². The number of hydrogen-bond acceptors (Lipinski definition) is 9. The second-order valence-corrected chi connectivity index (χ2v) is 9.04. The lowest BCUT2D eigenvalue weighted by molar-refractivity contribution is -0.187. The molecule has 3 rings (SSSR count). The van der Waals surface area contributed by atoms with Gasteiger partial charge in [0.1, 0.15) is 6.10 Å². The Morgan fingerprint density at radius 3 is 1.86 bits per heavy atom. The fourth-order valence-corrected chi connectivity index (χ4v) is 3.59. The molecule has 1 N–H and O–H groups in total. The second kappa shape index (κ2) is 11.5. The van der Waals surface area contributed by atoms with Gasteiger partial charge >= 0.3 is 31.7 Å². The molecule has 0 bridgehead atoms. The van der Waals surface area contributed by atoms with E-state index >= 15 is 0 Å². The maximum atomic E-state index is 12.8. The van der Waals surface area contributed by atoms with Gasteiger partial charge in [-0.05, 0) is 24.3 Å². The van der Waals surface area contributed by atoms with E-state index in [1.165, 1.54) is 24.3 Å². The van der Waals surface area contributed by atoms with Gasteiger partial charge in [-0.3, -0.25) is 9.36 Å². The first-order chi connectivity index (χ1) is 16.6. The molecule has 1 heterocycles. The number of ether oxygens (including phenoxy) is 4. The summed E-state index contributed by atoms with van der Waals surface area (Å²) >= 11 is 0. The van der Waals surface area contributed by atoms with Gasteiger partial charge in [0.2, 0.25) is 12.4 Å². The van der Waals surface area contributed by atoms with Crippen molar-refractivity contribution in [2.75, 3.05) is 6.61 Å². The summed E-state index contributed by atoms with van der Waals surface area (Å²) in [6, 6.07) is 15.3. The average Bonchev–Trinajstić information content (AvgIpc) is 3.13. The molecule has 0 saturated carbocycles. The SMILES string of the molecule is CC(=O)OC1O[C@H](COP(=O)(O)C(F)F)[C@@H](OC(=O)c2ccccc2)[C@H]1OC(=O)c1ccccc1. The minimum atomic E-state index is -5.35. The summed E-state index contributed by atoms with van der Waals surface area (Å²) in [5.74, 6) is -2.65. The van der Waals surface area contributed by atoms with E-state index in [-0.39, 0.29) is 11.1 Å². The molecule has 2 aromatic rings. The Morgan fingerprint density at radius 2 is 1.40 bits per heavy atom. The molecule has 35 heavy (non-hydrogen) atoms. The molecular weight excluding hydrogens is 493 g/mol. The quantitative estimate of drug-likeness (QED) is 0.302. The minimum Gasteiger partial charge on any atom is -0.452 e. The summed E-state index contributed by atoms with van der Waals surface area (Å²) in [7, 11) is -5.35. The molecular formula is C22H21F2O10P. The molecule has 0 amide bonds. The van der Waals surface area contributed by atoms with Gasteiger partial charge in [0.05, 0.1) is 17.7 Å². The highest BCUT2D eigenvalue weighted by Gasteiger charge is 2.52. The summed E-state index contributed by atoms with van der Waals surface area (Å²) < 4.78 is 62.9. The monoisotopic (exact) mass is 514 g/mol. The maximum Gasteiger partial charge on any atom is 0.394 e. The van der Waals surface area contributed by atoms with E-state index in [2.05, 4.69) is 4.52 Å². The van der Waals surface area contributed by atoms with Crippen molar-refractivity contribution in [1.82, 2.24) is 0 Å². The molecule has 2 unspecified atom stereocenters. The van der Waals surface area contributed by atoms with E-state index in [4.69, 9.17) is 18.9 Å². The first-order valence-corrected chi connectivity index (χ1v) is 11.8. The third-order valence-corrected chi connectivity index (χ3v) is 5.74. The third-order valence-electron chi connectivity index (χ3n) is 4.73. The predicted molar refractivity (Wildman–Crippen MR) is 113 cm³/mol. The Bertz CT molecular complexity index is 1080. The molecule has 5 atom stereocenters. The number of carbonyl (C=O) groups excluding carboxylic acids is 3. The fraction of sp³-hybridized carbons (Fsp3) is 0.318. The number of esters is 3. The van der Waals surface area contributed by atoms with Crippen LogP contribution < -0.4 is 0 Å². The van der Waals surface area contributed by atoms with Crippen molar-refractivity contribution in [3.05, 3.63) is 71.8 Å². The average molecular weight is 514 g/mol. The van der Waals surface area contributed by atoms with Gasteiger partial charge in [0, 0.05) is 6.92 Å². The molecule has 13 heteroatoms. The Hall–Kier alpha value is -3.18. The summed E-state index contributed by atoms with van der Waals surface area (Å²) in [5.41, 5.74) is 0.205. The first kappa shape index (κ1) is 26.4. The minimum absolute atomic E-state index is 0.0941. The van der Waals surface area contributed by atoms with E-state index in [9.17, 15) is 32.6 Å². The van der Waals surface area contributed by atoms with E-state index in [1.807, 2.05) is 0 Å². The van der Waals surface area contributed by atoms with Crippen LogP contribution in [0.1, 0.15) is 27.6 Å². The van der Waals surface area contributed by atoms with Crippen LogP contribution in [0, 0.1) is 0 Å². The summed E-state index contributed by atoms with van der Waals surface area (Å²) in [6.45, 7) is 0.0645. The Balaban J connectivity index is 1.90. The zero-order chi connectivity index (χ0) is 25.6. The molecule has 1 saturated heterocycles. The van der Waals surface area contributed by atoms with Crippen LogP contribution in [0.2, 0.25) is 0 Å². The van der Waals surface area contributed by atoms with Gasteiger partial charge in [-0.25, -0.2) is 9.59 Å². The third kappa shape index (κ3) is 6.92. The highest BCUT2D eigenvalue weighted by Crippen LogP contribution is 2.49. The lowest BCUT2D eigenvalue weighted by atomic mass is 10.1. The molecule has 0 spiro atoms. The predicted octanol–water partition coefficient (Wildman–Crippen LogP) is 3.15. The Morgan fingerprint density at radius 1 is 0.914 bits per heavy atom. The zero-order valence-electron chi connectivity index (χ0n) is 18.2. The van der Waals surface area contributed by atoms with E-state index < -0.39 is 62.9 Å². The summed E-state index contributed by atoms with van der Waals surface area (Å²) in [5, 5.41) is 0. The molecule has 1 aliphatic heterocycles. The van der Waals surface area contributed by atoms with Crippen LogP contribution in [0.5, 0.6) is 0 Å². The standard InChI is InChI=1S/C22H21F2O10P/c1-13(25)31-21-18(34-20(27)15-10-6-3-7-11-15)17(33-19(26)14-8-4-2-5-9-14)16(32-21)12-30-35(28,29)22(23)24/h2-11,16-18,21-22H,12H2,1H3,(H,28,29)/t16-,17-,18-,21?/m1/s1. The van der Waals surface area contributed by atoms with Gasteiger partial charge < -0.3 is 28.4 Å². The van der Waals surface area contributed by atoms with Crippen LogP contribution in [-0.2, 0) is 32.8 Å². The molecule has 0 aliphatic carbocycles. The highest BCUT2D eigenvalue weighted by atomic mass is 31.2. The lowest BCUT2D eigenvalue weighted by Gasteiger charge is -2.24. The largest absolute Gasteiger partial charge is 0.452 e. The van der Waals surface area contributed by atoms with Crippen molar-refractivity contribution in [3.8, 4) is 0 Å². The maximum absolute atomic E-state index is 12.8. The van der Waals surface area contributed by atoms with Crippen LogP contribution in [-0.4, -0.2) is 60.2 Å². The van der Waals surface area contributed by atoms with Crippen LogP contribution in [0.4, 0.5) is 8.78 Å². The van der Waals surface area contributed by atoms with Crippen LogP contribution in [0.25, 0.3) is 0 Å². The van der Waals surface area contributed by atoms with E-state index in [0.29, 0.717) is 0 Å². The van der Waals surface area contributed by atoms with Gasteiger partial charge in [0.25, 0.3) is 0 Å². The molecule has 10 nitrogen and oxygen atoms in total.